The van der Waals surface area contributed by atoms with Crippen molar-refractivity contribution in [2.75, 3.05) is 50.8 Å². The molecule has 5 rings (SSSR count). The van der Waals surface area contributed by atoms with E-state index in [0.717, 1.165) is 77.3 Å². The van der Waals surface area contributed by atoms with Crippen molar-refractivity contribution in [1.29, 1.82) is 0 Å². The van der Waals surface area contributed by atoms with Crippen LogP contribution in [0.5, 0.6) is 0 Å². The number of hydrogen-bond donors (Lipinski definition) is 0. The van der Waals surface area contributed by atoms with E-state index >= 15 is 0 Å². The van der Waals surface area contributed by atoms with Crippen LogP contribution in [0.25, 0.3) is 0 Å². The summed E-state index contributed by atoms with van der Waals surface area (Å²) in [5, 5.41) is 0. The van der Waals surface area contributed by atoms with Gasteiger partial charge in [0.15, 0.2) is 0 Å². The lowest BCUT2D eigenvalue weighted by Crippen LogP contribution is -2.57. The van der Waals surface area contributed by atoms with Crippen LogP contribution < -0.4 is 4.90 Å². The van der Waals surface area contributed by atoms with E-state index in [1.807, 2.05) is 34.8 Å². The van der Waals surface area contributed by atoms with Gasteiger partial charge >= 0.3 is 0 Å². The Balaban J connectivity index is 1.16. The summed E-state index contributed by atoms with van der Waals surface area (Å²) >= 11 is 0. The van der Waals surface area contributed by atoms with E-state index in [-0.39, 0.29) is 11.5 Å². The number of hydrogen-bond acceptors (Lipinski definition) is 4. The maximum atomic E-state index is 12.9. The van der Waals surface area contributed by atoms with E-state index in [0.29, 0.717) is 6.04 Å². The lowest BCUT2D eigenvalue weighted by Gasteiger charge is -2.49. The molecule has 1 aromatic carbocycles. The first-order valence-electron chi connectivity index (χ1n) is 11.7. The molecule has 1 atom stereocenters. The zero-order valence-corrected chi connectivity index (χ0v) is 18.6. The van der Waals surface area contributed by atoms with Crippen molar-refractivity contribution in [3.63, 3.8) is 0 Å². The fraction of sp³-hybridized carbons (Fsp3) is 0.560. The van der Waals surface area contributed by atoms with Crippen LogP contribution in [-0.4, -0.2) is 77.8 Å². The summed E-state index contributed by atoms with van der Waals surface area (Å²) in [4.78, 5) is 20.1. The van der Waals surface area contributed by atoms with Crippen LogP contribution in [0.15, 0.2) is 48.7 Å². The van der Waals surface area contributed by atoms with Gasteiger partial charge in [-0.15, -0.1) is 0 Å². The van der Waals surface area contributed by atoms with E-state index in [4.69, 9.17) is 4.74 Å². The first-order valence-corrected chi connectivity index (χ1v) is 11.7. The van der Waals surface area contributed by atoms with Crippen molar-refractivity contribution in [2.24, 2.45) is 7.05 Å². The summed E-state index contributed by atoms with van der Waals surface area (Å²) in [5.41, 5.74) is 2.06. The molecule has 0 aliphatic carbocycles. The molecule has 0 N–H and O–H groups in total. The fourth-order valence-electron chi connectivity index (χ4n) is 5.61. The number of aryl methyl sites for hydroxylation is 1. The Morgan fingerprint density at radius 2 is 1.71 bits per heavy atom. The first-order chi connectivity index (χ1) is 15.1. The molecule has 3 aliphatic heterocycles. The van der Waals surface area contributed by atoms with Crippen LogP contribution in [0, 0.1) is 0 Å². The molecule has 1 aromatic heterocycles. The number of anilines is 1. The van der Waals surface area contributed by atoms with Crippen molar-refractivity contribution in [3.05, 3.63) is 54.4 Å². The molecule has 0 radical (unpaired) electrons. The number of ether oxygens (including phenoxy) is 1. The second kappa shape index (κ2) is 8.67. The molecule has 3 saturated heterocycles. The van der Waals surface area contributed by atoms with E-state index in [1.165, 1.54) is 5.69 Å². The van der Waals surface area contributed by atoms with Gasteiger partial charge in [0.1, 0.15) is 5.69 Å². The number of carbonyl (C=O) groups excluding carboxylic acids is 1. The fourth-order valence-corrected chi connectivity index (χ4v) is 5.61. The standard InChI is InChI=1S/C25H34N4O2/c1-26-12-5-8-23(26)24(30)29-13-10-25(11-14-29)20-22(9-19-31-25)28-17-15-27(16-18-28)21-6-3-2-4-7-21/h2-8,12,22H,9-11,13-20H2,1H3/t22-/m0/s1. The third kappa shape index (κ3) is 4.23. The Hall–Kier alpha value is -2.31. The largest absolute Gasteiger partial charge is 0.375 e. The van der Waals surface area contributed by atoms with Crippen molar-refractivity contribution >= 4 is 11.6 Å². The maximum Gasteiger partial charge on any atom is 0.270 e. The monoisotopic (exact) mass is 422 g/mol. The molecule has 0 bridgehead atoms. The summed E-state index contributed by atoms with van der Waals surface area (Å²) in [5.74, 6) is 0.145. The van der Waals surface area contributed by atoms with Gasteiger partial charge in [0.05, 0.1) is 5.60 Å². The number of aromatic nitrogens is 1. The minimum absolute atomic E-state index is 0.0511. The molecule has 3 aliphatic rings. The lowest BCUT2D eigenvalue weighted by molar-refractivity contribution is -0.130. The SMILES string of the molecule is Cn1cccc1C(=O)N1CCC2(CC1)C[C@@H](N1CCN(c3ccccc3)CC1)CCO2. The van der Waals surface area contributed by atoms with E-state index in [2.05, 4.69) is 40.1 Å². The Bertz CT molecular complexity index is 880. The molecule has 0 unspecified atom stereocenters. The molecule has 6 heteroatoms. The van der Waals surface area contributed by atoms with Crippen LogP contribution in [-0.2, 0) is 11.8 Å². The quantitative estimate of drug-likeness (QED) is 0.763. The number of rotatable bonds is 3. The smallest absolute Gasteiger partial charge is 0.270 e. The number of nitrogens with zero attached hydrogens (tertiary/aromatic N) is 4. The predicted octanol–water partition coefficient (Wildman–Crippen LogP) is 3.00. The highest BCUT2D eigenvalue weighted by molar-refractivity contribution is 5.92. The van der Waals surface area contributed by atoms with Crippen molar-refractivity contribution < 1.29 is 9.53 Å². The van der Waals surface area contributed by atoms with Crippen molar-refractivity contribution in [3.8, 4) is 0 Å². The summed E-state index contributed by atoms with van der Waals surface area (Å²) in [7, 11) is 1.94. The predicted molar refractivity (Wildman–Crippen MR) is 122 cm³/mol. The summed E-state index contributed by atoms with van der Waals surface area (Å²) in [6.45, 7) is 6.84. The number of carbonyl (C=O) groups is 1. The van der Waals surface area contributed by atoms with Crippen LogP contribution in [0.2, 0.25) is 0 Å². The number of piperazine rings is 1. The molecule has 0 saturated carbocycles. The first kappa shape index (κ1) is 20.6. The molecule has 1 spiro atoms. The average molecular weight is 423 g/mol. The zero-order chi connectivity index (χ0) is 21.3. The number of para-hydroxylation sites is 1. The highest BCUT2D eigenvalue weighted by atomic mass is 16.5. The summed E-state index contributed by atoms with van der Waals surface area (Å²) in [6.07, 6.45) is 6.06. The third-order valence-electron chi connectivity index (χ3n) is 7.54. The van der Waals surface area contributed by atoms with Crippen molar-refractivity contribution in [1.82, 2.24) is 14.4 Å². The molecule has 31 heavy (non-hydrogen) atoms. The maximum absolute atomic E-state index is 12.9. The van der Waals surface area contributed by atoms with Crippen LogP contribution in [0.1, 0.15) is 36.2 Å². The van der Waals surface area contributed by atoms with Gasteiger partial charge in [-0.3, -0.25) is 9.69 Å². The number of likely N-dealkylation sites (tertiary alicyclic amines) is 1. The molecule has 4 heterocycles. The molecule has 166 valence electrons. The van der Waals surface area contributed by atoms with Crippen LogP contribution >= 0.6 is 0 Å². The second-order valence-electron chi connectivity index (χ2n) is 9.33. The highest BCUT2D eigenvalue weighted by Gasteiger charge is 2.43. The highest BCUT2D eigenvalue weighted by Crippen LogP contribution is 2.37. The molecular weight excluding hydrogens is 388 g/mol. The number of amides is 1. The van der Waals surface area contributed by atoms with Gasteiger partial charge in [-0.25, -0.2) is 0 Å². The Morgan fingerprint density at radius 3 is 2.39 bits per heavy atom. The Morgan fingerprint density at radius 1 is 0.968 bits per heavy atom. The van der Waals surface area contributed by atoms with Gasteiger partial charge in [0, 0.05) is 70.8 Å². The van der Waals surface area contributed by atoms with Gasteiger partial charge in [-0.1, -0.05) is 18.2 Å². The summed E-state index contributed by atoms with van der Waals surface area (Å²) in [6, 6.07) is 15.2. The van der Waals surface area contributed by atoms with Gasteiger partial charge < -0.3 is 19.1 Å². The van der Waals surface area contributed by atoms with Crippen molar-refractivity contribution in [2.45, 2.75) is 37.3 Å². The molecular formula is C25H34N4O2. The van der Waals surface area contributed by atoms with Gasteiger partial charge in [0.2, 0.25) is 0 Å². The van der Waals surface area contributed by atoms with E-state index in [9.17, 15) is 4.79 Å². The molecule has 3 fully saturated rings. The van der Waals surface area contributed by atoms with Gasteiger partial charge in [0.25, 0.3) is 5.91 Å². The molecule has 6 nitrogen and oxygen atoms in total. The average Bonchev–Trinajstić information content (AvgIpc) is 3.26. The van der Waals surface area contributed by atoms with Crippen LogP contribution in [0.4, 0.5) is 5.69 Å². The summed E-state index contributed by atoms with van der Waals surface area (Å²) < 4.78 is 8.29. The van der Waals surface area contributed by atoms with Crippen LogP contribution in [0.3, 0.4) is 0 Å². The topological polar surface area (TPSA) is 41.0 Å². The van der Waals surface area contributed by atoms with Gasteiger partial charge in [-0.2, -0.15) is 0 Å². The van der Waals surface area contributed by atoms with E-state index in [1.54, 1.807) is 0 Å². The lowest BCUT2D eigenvalue weighted by atomic mass is 9.81. The third-order valence-corrected chi connectivity index (χ3v) is 7.54. The Kier molecular flexibility index (Phi) is 5.76. The zero-order valence-electron chi connectivity index (χ0n) is 18.6. The molecule has 1 amide bonds. The number of benzene rings is 1. The Labute approximate surface area is 185 Å². The minimum atomic E-state index is -0.0511. The van der Waals surface area contributed by atoms with E-state index < -0.39 is 0 Å². The minimum Gasteiger partial charge on any atom is -0.375 e. The molecule has 2 aromatic rings. The second-order valence-corrected chi connectivity index (χ2v) is 9.33. The number of piperidine rings is 1. The van der Waals surface area contributed by atoms with Gasteiger partial charge in [-0.05, 0) is 49.9 Å². The normalized spacial score (nSPS) is 24.5.